The van der Waals surface area contributed by atoms with Crippen LogP contribution in [0.4, 0.5) is 0 Å². The second-order valence-electron chi connectivity index (χ2n) is 15.0. The van der Waals surface area contributed by atoms with E-state index in [-0.39, 0.29) is 24.1 Å². The average Bonchev–Trinajstić information content (AvgIpc) is 3.37. The zero-order valence-electron chi connectivity index (χ0n) is 28.1. The molecule has 4 rings (SSSR count). The van der Waals surface area contributed by atoms with Crippen LogP contribution in [0.15, 0.2) is 34.4 Å². The number of esters is 2. The standard InChI is InChI=1S/C36H56O8/c1-9-10-11-12-13-14-15-16-27(37)44-35-19-23(5)34-18-22(4)29(38)36(34,42)30(39)25(20-43-32(41)24(6)21(2)3)17-26(31(34)40)28(35)33(35,7)8/h17-18,23,26,28-31,38-40,42H,9-16,19-20H2,1-8H3/t23-,26+,28-,29+,30-,31?,34+,35+,36-/m1/s1. The number of carbonyl (C=O) groups is 2. The lowest BCUT2D eigenvalue weighted by atomic mass is 9.58. The normalized spacial score (nSPS) is 38.3. The molecule has 2 bridgehead atoms. The Labute approximate surface area is 263 Å². The van der Waals surface area contributed by atoms with Gasteiger partial charge in [-0.15, -0.1) is 0 Å². The summed E-state index contributed by atoms with van der Waals surface area (Å²) in [4.78, 5) is 26.1. The smallest absolute Gasteiger partial charge is 0.333 e. The molecular weight excluding hydrogens is 560 g/mol. The molecule has 0 aromatic rings. The van der Waals surface area contributed by atoms with Crippen molar-refractivity contribution in [2.24, 2.45) is 28.6 Å². The Balaban J connectivity index is 1.67. The largest absolute Gasteiger partial charge is 0.458 e. The Morgan fingerprint density at radius 1 is 0.977 bits per heavy atom. The predicted octanol–water partition coefficient (Wildman–Crippen LogP) is 5.32. The highest BCUT2D eigenvalue weighted by Gasteiger charge is 2.82. The molecule has 0 amide bonds. The minimum Gasteiger partial charge on any atom is -0.458 e. The lowest BCUT2D eigenvalue weighted by Gasteiger charge is -2.51. The SMILES string of the molecule is CCCCCCCCCC(=O)O[C@@]12C[C@@H](C)[C@]34C=C(C)[C@H](O)[C@@]3(O)[C@H](O)C(COC(=O)C(C)=C(C)C)=C[C@H](C4O)[C@@H]1C2(C)C. The van der Waals surface area contributed by atoms with Gasteiger partial charge in [0, 0.05) is 29.2 Å². The molecule has 0 aliphatic heterocycles. The number of carbonyl (C=O) groups excluding carboxylic acids is 2. The lowest BCUT2D eigenvalue weighted by Crippen LogP contribution is -2.66. The van der Waals surface area contributed by atoms with Gasteiger partial charge >= 0.3 is 11.9 Å². The van der Waals surface area contributed by atoms with Crippen LogP contribution in [-0.4, -0.2) is 68.5 Å². The van der Waals surface area contributed by atoms with Crippen molar-refractivity contribution in [3.8, 4) is 0 Å². The fraction of sp³-hybridized carbons (Fsp3) is 0.778. The minimum atomic E-state index is -2.18. The van der Waals surface area contributed by atoms with Crippen LogP contribution in [-0.2, 0) is 19.1 Å². The number of hydrogen-bond acceptors (Lipinski definition) is 8. The summed E-state index contributed by atoms with van der Waals surface area (Å²) < 4.78 is 12.0. The van der Waals surface area contributed by atoms with E-state index < -0.39 is 58.1 Å². The van der Waals surface area contributed by atoms with Gasteiger partial charge in [0.05, 0.1) is 11.5 Å². The van der Waals surface area contributed by atoms with E-state index in [9.17, 15) is 30.0 Å². The van der Waals surface area contributed by atoms with Crippen LogP contribution in [0.1, 0.15) is 113 Å². The third kappa shape index (κ3) is 5.31. The van der Waals surface area contributed by atoms with Crippen molar-refractivity contribution in [3.05, 3.63) is 34.4 Å². The van der Waals surface area contributed by atoms with Crippen molar-refractivity contribution >= 4 is 11.9 Å². The molecule has 4 N–H and O–H groups in total. The molecule has 2 fully saturated rings. The minimum absolute atomic E-state index is 0.218. The Hall–Kier alpha value is -2.00. The van der Waals surface area contributed by atoms with Crippen molar-refractivity contribution in [2.45, 2.75) is 143 Å². The van der Waals surface area contributed by atoms with E-state index in [1.165, 1.54) is 25.7 Å². The molecule has 9 atom stereocenters. The van der Waals surface area contributed by atoms with Crippen LogP contribution in [0.2, 0.25) is 0 Å². The zero-order chi connectivity index (χ0) is 32.8. The molecule has 4 aliphatic carbocycles. The van der Waals surface area contributed by atoms with Gasteiger partial charge in [-0.1, -0.05) is 83.9 Å². The maximum Gasteiger partial charge on any atom is 0.333 e. The van der Waals surface area contributed by atoms with E-state index in [1.807, 2.05) is 20.8 Å². The topological polar surface area (TPSA) is 134 Å². The second kappa shape index (κ2) is 12.7. The first-order valence-corrected chi connectivity index (χ1v) is 16.7. The fourth-order valence-electron chi connectivity index (χ4n) is 8.97. The summed E-state index contributed by atoms with van der Waals surface area (Å²) in [6, 6.07) is 0. The fourth-order valence-corrected chi connectivity index (χ4v) is 8.97. The van der Waals surface area contributed by atoms with E-state index in [1.54, 1.807) is 39.8 Å². The van der Waals surface area contributed by atoms with Crippen LogP contribution in [0.5, 0.6) is 0 Å². The molecule has 2 saturated carbocycles. The van der Waals surface area contributed by atoms with E-state index in [4.69, 9.17) is 9.47 Å². The summed E-state index contributed by atoms with van der Waals surface area (Å²) >= 11 is 0. The number of ether oxygens (including phenoxy) is 2. The van der Waals surface area contributed by atoms with Crippen LogP contribution in [0.3, 0.4) is 0 Å². The highest BCUT2D eigenvalue weighted by Crippen LogP contribution is 2.76. The summed E-state index contributed by atoms with van der Waals surface area (Å²) in [6.45, 7) is 14.8. The third-order valence-corrected chi connectivity index (χ3v) is 11.8. The van der Waals surface area contributed by atoms with Gasteiger partial charge in [-0.05, 0) is 57.6 Å². The lowest BCUT2D eigenvalue weighted by molar-refractivity contribution is -0.217. The van der Waals surface area contributed by atoms with Gasteiger partial charge in [0.15, 0.2) is 0 Å². The number of fused-ring (bicyclic) bond motifs is 3. The van der Waals surface area contributed by atoms with Crippen LogP contribution in [0.25, 0.3) is 0 Å². The van der Waals surface area contributed by atoms with E-state index in [2.05, 4.69) is 6.92 Å². The number of hydrogen-bond donors (Lipinski definition) is 4. The van der Waals surface area contributed by atoms with Gasteiger partial charge in [0.2, 0.25) is 0 Å². The molecular formula is C36H56O8. The van der Waals surface area contributed by atoms with Gasteiger partial charge in [-0.3, -0.25) is 4.79 Å². The van der Waals surface area contributed by atoms with Crippen molar-refractivity contribution < 1.29 is 39.5 Å². The van der Waals surface area contributed by atoms with Gasteiger partial charge in [0.1, 0.15) is 30.0 Å². The van der Waals surface area contributed by atoms with Crippen LogP contribution < -0.4 is 0 Å². The first-order valence-electron chi connectivity index (χ1n) is 16.7. The van der Waals surface area contributed by atoms with Crippen LogP contribution in [0, 0.1) is 28.6 Å². The quantitative estimate of drug-likeness (QED) is 0.100. The third-order valence-electron chi connectivity index (χ3n) is 11.8. The number of allylic oxidation sites excluding steroid dienone is 1. The summed E-state index contributed by atoms with van der Waals surface area (Å²) in [7, 11) is 0. The molecule has 44 heavy (non-hydrogen) atoms. The maximum absolute atomic E-state index is 13.3. The molecule has 0 heterocycles. The monoisotopic (exact) mass is 616 g/mol. The van der Waals surface area contributed by atoms with E-state index in [0.717, 1.165) is 24.8 Å². The molecule has 0 radical (unpaired) electrons. The van der Waals surface area contributed by atoms with Crippen LogP contribution >= 0.6 is 0 Å². The van der Waals surface area contributed by atoms with Crippen molar-refractivity contribution in [1.82, 2.24) is 0 Å². The molecule has 1 spiro atoms. The Morgan fingerprint density at radius 3 is 2.20 bits per heavy atom. The van der Waals surface area contributed by atoms with Gasteiger partial charge in [0.25, 0.3) is 0 Å². The number of aliphatic hydroxyl groups excluding tert-OH is 3. The van der Waals surface area contributed by atoms with Gasteiger partial charge in [-0.25, -0.2) is 4.79 Å². The highest BCUT2D eigenvalue weighted by molar-refractivity contribution is 5.88. The maximum atomic E-state index is 13.3. The van der Waals surface area contributed by atoms with Gasteiger partial charge in [-0.2, -0.15) is 0 Å². The molecule has 8 heteroatoms. The van der Waals surface area contributed by atoms with E-state index >= 15 is 0 Å². The first kappa shape index (κ1) is 34.9. The summed E-state index contributed by atoms with van der Waals surface area (Å²) in [5.41, 5.74) is -3.08. The molecule has 248 valence electrons. The number of unbranched alkanes of at least 4 members (excludes halogenated alkanes) is 6. The molecule has 0 aromatic carbocycles. The Bertz CT molecular complexity index is 1210. The highest BCUT2D eigenvalue weighted by atomic mass is 16.6. The molecule has 1 unspecified atom stereocenters. The number of rotatable bonds is 12. The van der Waals surface area contributed by atoms with E-state index in [0.29, 0.717) is 24.0 Å². The second-order valence-corrected chi connectivity index (χ2v) is 15.0. The summed E-state index contributed by atoms with van der Waals surface area (Å²) in [5.74, 6) is -2.23. The summed E-state index contributed by atoms with van der Waals surface area (Å²) in [5, 5.41) is 47.9. The molecule has 0 aromatic heterocycles. The average molecular weight is 617 g/mol. The first-order chi connectivity index (χ1) is 20.5. The Morgan fingerprint density at radius 2 is 1.59 bits per heavy atom. The molecule has 8 nitrogen and oxygen atoms in total. The van der Waals surface area contributed by atoms with Gasteiger partial charge < -0.3 is 29.9 Å². The molecule has 0 saturated heterocycles. The molecule has 4 aliphatic rings. The predicted molar refractivity (Wildman–Crippen MR) is 168 cm³/mol. The van der Waals surface area contributed by atoms with Crippen molar-refractivity contribution in [2.75, 3.05) is 6.61 Å². The summed E-state index contributed by atoms with van der Waals surface area (Å²) in [6.07, 6.45) is 7.53. The number of aliphatic hydroxyl groups is 4. The van der Waals surface area contributed by atoms with Crippen molar-refractivity contribution in [3.63, 3.8) is 0 Å². The Kier molecular flexibility index (Phi) is 10.0. The zero-order valence-corrected chi connectivity index (χ0v) is 28.1. The van der Waals surface area contributed by atoms with Crippen molar-refractivity contribution in [1.29, 1.82) is 0 Å².